The molecule has 10 heteroatoms. The van der Waals surface area contributed by atoms with Gasteiger partial charge in [-0.3, -0.25) is 4.79 Å². The van der Waals surface area contributed by atoms with Crippen LogP contribution in [-0.2, 0) is 27.4 Å². The lowest BCUT2D eigenvalue weighted by atomic mass is 10.1. The summed E-state index contributed by atoms with van der Waals surface area (Å²) in [7, 11) is -4.10. The fraction of sp³-hybridized carbons (Fsp3) is 0.174. The van der Waals surface area contributed by atoms with Crippen LogP contribution in [-0.4, -0.2) is 20.4 Å². The largest absolute Gasteiger partial charge is 0.416 e. The average molecular weight is 497 g/mol. The van der Waals surface area contributed by atoms with E-state index in [1.165, 1.54) is 12.1 Å². The number of aryl methyl sites for hydroxylation is 1. The Morgan fingerprint density at radius 3 is 2.24 bits per heavy atom. The Bertz CT molecular complexity index is 1230. The molecule has 3 aromatic carbocycles. The predicted molar refractivity (Wildman–Crippen MR) is 121 cm³/mol. The van der Waals surface area contributed by atoms with Crippen LogP contribution in [0, 0.1) is 6.92 Å². The van der Waals surface area contributed by atoms with Gasteiger partial charge in [-0.15, -0.1) is 0 Å². The van der Waals surface area contributed by atoms with Gasteiger partial charge >= 0.3 is 6.18 Å². The van der Waals surface area contributed by atoms with Crippen molar-refractivity contribution in [3.05, 3.63) is 94.5 Å². The fourth-order valence-corrected chi connectivity index (χ4v) is 4.39. The lowest BCUT2D eigenvalue weighted by Gasteiger charge is -2.20. The van der Waals surface area contributed by atoms with Gasteiger partial charge < -0.3 is 5.32 Å². The maximum Gasteiger partial charge on any atom is 0.416 e. The molecule has 0 heterocycles. The highest BCUT2D eigenvalue weighted by molar-refractivity contribution is 7.89. The van der Waals surface area contributed by atoms with Gasteiger partial charge in [0, 0.05) is 0 Å². The number of benzene rings is 3. The number of carbonyl (C=O) groups is 1. The van der Waals surface area contributed by atoms with Crippen LogP contribution in [0.15, 0.2) is 77.7 Å². The van der Waals surface area contributed by atoms with Crippen molar-refractivity contribution in [1.82, 2.24) is 4.72 Å². The second-order valence-electron chi connectivity index (χ2n) is 7.36. The van der Waals surface area contributed by atoms with Crippen molar-refractivity contribution in [2.24, 2.45) is 0 Å². The lowest BCUT2D eigenvalue weighted by molar-refractivity contribution is -0.137. The van der Waals surface area contributed by atoms with Crippen molar-refractivity contribution < 1.29 is 26.4 Å². The highest BCUT2D eigenvalue weighted by atomic mass is 35.5. The number of amides is 1. The number of nitrogens with one attached hydrogen (secondary N) is 2. The molecule has 0 fully saturated rings. The molecule has 0 radical (unpaired) electrons. The van der Waals surface area contributed by atoms with Crippen molar-refractivity contribution in [1.29, 1.82) is 0 Å². The topological polar surface area (TPSA) is 75.3 Å². The van der Waals surface area contributed by atoms with Gasteiger partial charge in [-0.1, -0.05) is 59.6 Å². The van der Waals surface area contributed by atoms with E-state index < -0.39 is 33.7 Å². The number of anilines is 1. The minimum absolute atomic E-state index is 0.0334. The zero-order valence-corrected chi connectivity index (χ0v) is 18.9. The van der Waals surface area contributed by atoms with Crippen LogP contribution < -0.4 is 10.0 Å². The Morgan fingerprint density at radius 1 is 1.00 bits per heavy atom. The summed E-state index contributed by atoms with van der Waals surface area (Å²) in [4.78, 5) is 13.0. The van der Waals surface area contributed by atoms with Crippen molar-refractivity contribution >= 4 is 33.2 Å². The summed E-state index contributed by atoms with van der Waals surface area (Å²) in [5.41, 5.74) is 0.234. The van der Waals surface area contributed by atoms with Gasteiger partial charge in [-0.25, -0.2) is 8.42 Å². The van der Waals surface area contributed by atoms with E-state index in [0.29, 0.717) is 11.6 Å². The number of carbonyl (C=O) groups excluding carboxylic acids is 1. The standard InChI is InChI=1S/C23H20ClF3N2O3S/c1-15-7-10-18(11-8-15)33(31,32)29-21(13-16-5-3-2-4-6-16)22(30)28-20-14-17(23(25,26)27)9-12-19(20)24/h2-12,14,21,29H,13H2,1H3,(H,28,30)/t21-/m1/s1. The molecule has 3 rings (SSSR count). The summed E-state index contributed by atoms with van der Waals surface area (Å²) >= 11 is 5.98. The van der Waals surface area contributed by atoms with E-state index in [1.807, 2.05) is 0 Å². The van der Waals surface area contributed by atoms with E-state index in [0.717, 1.165) is 17.7 Å². The number of hydrogen-bond acceptors (Lipinski definition) is 3. The van der Waals surface area contributed by atoms with Crippen LogP contribution in [0.5, 0.6) is 0 Å². The minimum atomic E-state index is -4.64. The quantitative estimate of drug-likeness (QED) is 0.472. The van der Waals surface area contributed by atoms with Gasteiger partial charge in [0.1, 0.15) is 6.04 Å². The van der Waals surface area contributed by atoms with Crippen LogP contribution in [0.25, 0.3) is 0 Å². The smallest absolute Gasteiger partial charge is 0.323 e. The summed E-state index contributed by atoms with van der Waals surface area (Å²) < 4.78 is 67.4. The molecule has 5 nitrogen and oxygen atoms in total. The Balaban J connectivity index is 1.91. The summed E-state index contributed by atoms with van der Waals surface area (Å²) in [5.74, 6) is -0.851. The first kappa shape index (κ1) is 24.8. The molecule has 0 bridgehead atoms. The number of hydrogen-bond donors (Lipinski definition) is 2. The minimum Gasteiger partial charge on any atom is -0.323 e. The average Bonchev–Trinajstić information content (AvgIpc) is 2.75. The Kier molecular flexibility index (Phi) is 7.46. The third-order valence-corrected chi connectivity index (χ3v) is 6.60. The second kappa shape index (κ2) is 9.94. The molecule has 3 aromatic rings. The van der Waals surface area contributed by atoms with E-state index in [2.05, 4.69) is 10.0 Å². The van der Waals surface area contributed by atoms with Gasteiger partial charge in [0.05, 0.1) is 21.2 Å². The molecule has 2 N–H and O–H groups in total. The van der Waals surface area contributed by atoms with Crippen LogP contribution in [0.2, 0.25) is 5.02 Å². The number of sulfonamides is 1. The highest BCUT2D eigenvalue weighted by Crippen LogP contribution is 2.34. The SMILES string of the molecule is Cc1ccc(S(=O)(=O)N[C@H](Cc2ccccc2)C(=O)Nc2cc(C(F)(F)F)ccc2Cl)cc1. The first-order valence-corrected chi connectivity index (χ1v) is 11.6. The number of rotatable bonds is 7. The first-order chi connectivity index (χ1) is 15.5. The Morgan fingerprint density at radius 2 is 1.64 bits per heavy atom. The van der Waals surface area contributed by atoms with E-state index in [4.69, 9.17) is 11.6 Å². The van der Waals surface area contributed by atoms with E-state index >= 15 is 0 Å². The molecule has 0 aliphatic rings. The molecule has 0 aliphatic heterocycles. The zero-order chi connectivity index (χ0) is 24.2. The van der Waals surface area contributed by atoms with Crippen LogP contribution >= 0.6 is 11.6 Å². The summed E-state index contributed by atoms with van der Waals surface area (Å²) in [6.45, 7) is 1.80. The van der Waals surface area contributed by atoms with Crippen molar-refractivity contribution in [3.8, 4) is 0 Å². The zero-order valence-electron chi connectivity index (χ0n) is 17.4. The lowest BCUT2D eigenvalue weighted by Crippen LogP contribution is -2.45. The van der Waals surface area contributed by atoms with Gasteiger partial charge in [-0.05, 0) is 49.2 Å². The molecule has 0 spiro atoms. The molecular weight excluding hydrogens is 477 g/mol. The first-order valence-electron chi connectivity index (χ1n) is 9.76. The van der Waals surface area contributed by atoms with E-state index in [1.54, 1.807) is 49.4 Å². The molecular formula is C23H20ClF3N2O3S. The third-order valence-electron chi connectivity index (χ3n) is 4.78. The van der Waals surface area contributed by atoms with E-state index in [-0.39, 0.29) is 22.0 Å². The maximum absolute atomic E-state index is 13.1. The fourth-order valence-electron chi connectivity index (χ4n) is 3.03. The summed E-state index contributed by atoms with van der Waals surface area (Å²) in [6.07, 6.45) is -4.67. The molecule has 0 unspecified atom stereocenters. The maximum atomic E-state index is 13.1. The van der Waals surface area contributed by atoms with Gasteiger partial charge in [0.25, 0.3) is 0 Å². The van der Waals surface area contributed by atoms with Crippen molar-refractivity contribution in [2.75, 3.05) is 5.32 Å². The van der Waals surface area contributed by atoms with Gasteiger partial charge in [-0.2, -0.15) is 17.9 Å². The van der Waals surface area contributed by atoms with Crippen molar-refractivity contribution in [3.63, 3.8) is 0 Å². The monoisotopic (exact) mass is 496 g/mol. The molecule has 0 saturated carbocycles. The summed E-state index contributed by atoms with van der Waals surface area (Å²) in [6, 6.07) is 15.8. The summed E-state index contributed by atoms with van der Waals surface area (Å²) in [5, 5.41) is 2.21. The molecule has 1 amide bonds. The molecule has 33 heavy (non-hydrogen) atoms. The van der Waals surface area contributed by atoms with Crippen LogP contribution in [0.3, 0.4) is 0 Å². The molecule has 174 valence electrons. The molecule has 1 atom stereocenters. The van der Waals surface area contributed by atoms with Gasteiger partial charge in [0.2, 0.25) is 15.9 Å². The highest BCUT2D eigenvalue weighted by Gasteiger charge is 2.32. The second-order valence-corrected chi connectivity index (χ2v) is 9.48. The molecule has 0 aliphatic carbocycles. The van der Waals surface area contributed by atoms with Crippen molar-refractivity contribution in [2.45, 2.75) is 30.5 Å². The molecule has 0 saturated heterocycles. The molecule has 0 aromatic heterocycles. The van der Waals surface area contributed by atoms with E-state index in [9.17, 15) is 26.4 Å². The Labute approximate surface area is 194 Å². The number of alkyl halides is 3. The van der Waals surface area contributed by atoms with Gasteiger partial charge in [0.15, 0.2) is 0 Å². The van der Waals surface area contributed by atoms with Crippen LogP contribution in [0.4, 0.5) is 18.9 Å². The normalized spacial score (nSPS) is 12.9. The Hall–Kier alpha value is -2.88. The number of halogens is 4. The third kappa shape index (κ3) is 6.56. The predicted octanol–water partition coefficient (Wildman–Crippen LogP) is 5.20. The van der Waals surface area contributed by atoms with Crippen LogP contribution in [0.1, 0.15) is 16.7 Å².